The predicted molar refractivity (Wildman–Crippen MR) is 159 cm³/mol. The van der Waals surface area contributed by atoms with Crippen LogP contribution in [-0.4, -0.2) is 66.9 Å². The molecule has 228 valence electrons. The Balaban J connectivity index is 0.000000472. The van der Waals surface area contributed by atoms with E-state index >= 15 is 0 Å². The molecule has 0 unspecified atom stereocenters. The number of carbonyl (C=O) groups is 1. The molecule has 0 spiro atoms. The molecule has 1 aliphatic heterocycles. The van der Waals surface area contributed by atoms with E-state index in [0.717, 1.165) is 55.5 Å². The van der Waals surface area contributed by atoms with Gasteiger partial charge in [0.25, 0.3) is 0 Å². The number of halogens is 3. The average Bonchev–Trinajstić information content (AvgIpc) is 3.65. The summed E-state index contributed by atoms with van der Waals surface area (Å²) >= 11 is 0. The molecule has 0 bridgehead atoms. The summed E-state index contributed by atoms with van der Waals surface area (Å²) in [4.78, 5) is 24.1. The Labute approximate surface area is 248 Å². The van der Waals surface area contributed by atoms with Crippen molar-refractivity contribution in [2.75, 3.05) is 18.4 Å². The number of anilines is 1. The van der Waals surface area contributed by atoms with Gasteiger partial charge in [0.2, 0.25) is 5.95 Å². The number of hydrogen-bond donors (Lipinski definition) is 4. The first-order valence-corrected chi connectivity index (χ1v) is 14.6. The third-order valence-electron chi connectivity index (χ3n) is 8.17. The van der Waals surface area contributed by atoms with Gasteiger partial charge in [-0.2, -0.15) is 18.2 Å². The van der Waals surface area contributed by atoms with E-state index in [1.807, 2.05) is 30.6 Å². The van der Waals surface area contributed by atoms with Crippen molar-refractivity contribution in [1.29, 1.82) is 0 Å². The minimum absolute atomic E-state index is 0.498. The second-order valence-corrected chi connectivity index (χ2v) is 11.5. The molecule has 4 aromatic rings. The monoisotopic (exact) mass is 595 g/mol. The predicted octanol–water partition coefficient (Wildman–Crippen LogP) is 6.18. The Bertz CT molecular complexity index is 1510. The highest BCUT2D eigenvalue weighted by atomic mass is 19.4. The zero-order valence-electron chi connectivity index (χ0n) is 23.8. The molecular formula is C32H36F3N5O3. The van der Waals surface area contributed by atoms with Gasteiger partial charge in [-0.15, -0.1) is 0 Å². The fourth-order valence-corrected chi connectivity index (χ4v) is 5.84. The van der Waals surface area contributed by atoms with Crippen LogP contribution in [-0.2, 0) is 17.8 Å². The maximum Gasteiger partial charge on any atom is 0.490 e. The first-order chi connectivity index (χ1) is 20.6. The van der Waals surface area contributed by atoms with Crippen LogP contribution in [0.3, 0.4) is 0 Å². The van der Waals surface area contributed by atoms with Crippen molar-refractivity contribution in [3.05, 3.63) is 78.1 Å². The van der Waals surface area contributed by atoms with Gasteiger partial charge in [-0.1, -0.05) is 61.4 Å². The van der Waals surface area contributed by atoms with E-state index in [-0.39, 0.29) is 0 Å². The lowest BCUT2D eigenvalue weighted by Crippen LogP contribution is -2.45. The summed E-state index contributed by atoms with van der Waals surface area (Å²) in [5.74, 6) is -2.04. The quantitative estimate of drug-likeness (QED) is 0.202. The molecule has 1 saturated heterocycles. The standard InChI is InChI=1S/C30H35N5O.C2HF3O2/c36-30(18-22-7-2-1-3-8-22)13-15-35(16-14-30)21-23-9-6-10-24(17-23)26-19-31-28-27(26)20-32-29(34-28)33-25-11-4-5-12-25;3-2(4,5)1(6)7/h1-3,6-10,17,19-20,25,36H,4-5,11-16,18,21H2,(H2,31,32,33,34);(H,6,7). The number of likely N-dealkylation sites (tertiary alicyclic amines) is 1. The van der Waals surface area contributed by atoms with Crippen LogP contribution < -0.4 is 5.32 Å². The van der Waals surface area contributed by atoms with Crippen molar-refractivity contribution in [1.82, 2.24) is 19.9 Å². The highest BCUT2D eigenvalue weighted by molar-refractivity contribution is 5.93. The number of fused-ring (bicyclic) bond motifs is 1. The smallest absolute Gasteiger partial charge is 0.475 e. The number of hydrogen-bond acceptors (Lipinski definition) is 6. The van der Waals surface area contributed by atoms with Crippen LogP contribution >= 0.6 is 0 Å². The number of aliphatic hydroxyl groups is 1. The van der Waals surface area contributed by atoms with E-state index in [9.17, 15) is 18.3 Å². The number of carboxylic acid groups (broad SMARTS) is 1. The molecule has 6 rings (SSSR count). The maximum atomic E-state index is 11.1. The van der Waals surface area contributed by atoms with Gasteiger partial charge in [-0.3, -0.25) is 4.90 Å². The van der Waals surface area contributed by atoms with Crippen LogP contribution in [0.1, 0.15) is 49.7 Å². The average molecular weight is 596 g/mol. The Morgan fingerprint density at radius 2 is 1.72 bits per heavy atom. The summed E-state index contributed by atoms with van der Waals surface area (Å²) in [5.41, 5.74) is 5.09. The van der Waals surface area contributed by atoms with E-state index in [4.69, 9.17) is 14.9 Å². The van der Waals surface area contributed by atoms with Crippen LogP contribution in [0, 0.1) is 0 Å². The molecule has 1 aliphatic carbocycles. The molecule has 0 atom stereocenters. The van der Waals surface area contributed by atoms with Gasteiger partial charge in [0.1, 0.15) is 5.65 Å². The van der Waals surface area contributed by atoms with Crippen molar-refractivity contribution in [3.63, 3.8) is 0 Å². The SMILES string of the molecule is O=C(O)C(F)(F)F.OC1(Cc2ccccc2)CCN(Cc2cccc(-c3c[nH]c4nc(NC5CCCC5)ncc34)c2)CC1. The number of aromatic amines is 1. The minimum Gasteiger partial charge on any atom is -0.475 e. The molecule has 2 fully saturated rings. The third-order valence-corrected chi connectivity index (χ3v) is 8.17. The molecule has 8 nitrogen and oxygen atoms in total. The summed E-state index contributed by atoms with van der Waals surface area (Å²) in [6.07, 6.45) is 6.22. The molecule has 0 radical (unpaired) electrons. The summed E-state index contributed by atoms with van der Waals surface area (Å²) in [7, 11) is 0. The van der Waals surface area contributed by atoms with Crippen molar-refractivity contribution in [2.45, 2.75) is 69.3 Å². The highest BCUT2D eigenvalue weighted by Gasteiger charge is 2.38. The highest BCUT2D eigenvalue weighted by Crippen LogP contribution is 2.31. The minimum atomic E-state index is -5.08. The molecule has 2 aromatic heterocycles. The van der Waals surface area contributed by atoms with Crippen LogP contribution in [0.5, 0.6) is 0 Å². The molecule has 2 aliphatic rings. The second kappa shape index (κ2) is 13.1. The maximum absolute atomic E-state index is 11.1. The Hall–Kier alpha value is -3.96. The van der Waals surface area contributed by atoms with Crippen LogP contribution in [0.2, 0.25) is 0 Å². The van der Waals surface area contributed by atoms with Crippen LogP contribution in [0.4, 0.5) is 19.1 Å². The van der Waals surface area contributed by atoms with Crippen molar-refractivity contribution >= 4 is 23.0 Å². The van der Waals surface area contributed by atoms with E-state index in [1.165, 1.54) is 42.4 Å². The molecule has 43 heavy (non-hydrogen) atoms. The van der Waals surface area contributed by atoms with Gasteiger partial charge in [0.15, 0.2) is 0 Å². The number of H-pyrrole nitrogens is 1. The summed E-state index contributed by atoms with van der Waals surface area (Å²) in [5, 5.41) is 22.8. The molecule has 0 amide bonds. The molecule has 1 saturated carbocycles. The Morgan fingerprint density at radius 3 is 2.40 bits per heavy atom. The normalized spacial score (nSPS) is 17.4. The van der Waals surface area contributed by atoms with Crippen molar-refractivity contribution < 1.29 is 28.2 Å². The lowest BCUT2D eigenvalue weighted by molar-refractivity contribution is -0.192. The Kier molecular flexibility index (Phi) is 9.31. The van der Waals surface area contributed by atoms with Gasteiger partial charge in [0.05, 0.1) is 5.60 Å². The fourth-order valence-electron chi connectivity index (χ4n) is 5.84. The molecular weight excluding hydrogens is 559 g/mol. The number of alkyl halides is 3. The van der Waals surface area contributed by atoms with Gasteiger partial charge < -0.3 is 20.5 Å². The number of piperidine rings is 1. The van der Waals surface area contributed by atoms with E-state index in [0.29, 0.717) is 12.0 Å². The number of benzene rings is 2. The molecule has 4 N–H and O–H groups in total. The van der Waals surface area contributed by atoms with Gasteiger partial charge >= 0.3 is 12.1 Å². The molecule has 2 aromatic carbocycles. The largest absolute Gasteiger partial charge is 0.490 e. The second-order valence-electron chi connectivity index (χ2n) is 11.5. The number of nitrogens with one attached hydrogen (secondary N) is 2. The summed E-state index contributed by atoms with van der Waals surface area (Å²) in [6, 6.07) is 19.6. The van der Waals surface area contributed by atoms with Gasteiger partial charge in [0, 0.05) is 55.4 Å². The third kappa shape index (κ3) is 8.11. The number of rotatable bonds is 7. The van der Waals surface area contributed by atoms with Crippen LogP contribution in [0.15, 0.2) is 67.0 Å². The van der Waals surface area contributed by atoms with E-state index < -0.39 is 17.7 Å². The zero-order chi connectivity index (χ0) is 30.5. The molecule has 3 heterocycles. The van der Waals surface area contributed by atoms with Gasteiger partial charge in [-0.05, 0) is 48.4 Å². The Morgan fingerprint density at radius 1 is 1.05 bits per heavy atom. The molecule has 11 heteroatoms. The number of aromatic nitrogens is 3. The number of aliphatic carboxylic acids is 1. The number of nitrogens with zero attached hydrogens (tertiary/aromatic N) is 3. The summed E-state index contributed by atoms with van der Waals surface area (Å²) < 4.78 is 31.7. The summed E-state index contributed by atoms with van der Waals surface area (Å²) in [6.45, 7) is 2.71. The van der Waals surface area contributed by atoms with E-state index in [2.05, 4.69) is 56.6 Å². The fraction of sp³-hybridized carbons (Fsp3) is 0.406. The first kappa shape index (κ1) is 30.5. The topological polar surface area (TPSA) is 114 Å². The first-order valence-electron chi connectivity index (χ1n) is 14.6. The number of carboxylic acids is 1. The zero-order valence-corrected chi connectivity index (χ0v) is 23.8. The van der Waals surface area contributed by atoms with E-state index in [1.54, 1.807) is 0 Å². The van der Waals surface area contributed by atoms with Crippen molar-refractivity contribution in [3.8, 4) is 11.1 Å². The lowest BCUT2D eigenvalue weighted by Gasteiger charge is -2.38. The lowest BCUT2D eigenvalue weighted by atomic mass is 9.85. The van der Waals surface area contributed by atoms with Crippen LogP contribution in [0.25, 0.3) is 22.2 Å². The van der Waals surface area contributed by atoms with Gasteiger partial charge in [-0.25, -0.2) is 9.78 Å². The van der Waals surface area contributed by atoms with Crippen molar-refractivity contribution in [2.24, 2.45) is 0 Å².